The first-order valence-electron chi connectivity index (χ1n) is 9.88. The molecule has 140 valence electrons. The van der Waals surface area contributed by atoms with Crippen molar-refractivity contribution in [2.75, 3.05) is 0 Å². The molecule has 0 aromatic heterocycles. The van der Waals surface area contributed by atoms with E-state index in [0.29, 0.717) is 5.56 Å². The molecule has 0 bridgehead atoms. The molecule has 0 fully saturated rings. The van der Waals surface area contributed by atoms with Crippen LogP contribution in [0.2, 0.25) is 0 Å². The van der Waals surface area contributed by atoms with Crippen LogP contribution in [0.1, 0.15) is 5.56 Å². The highest BCUT2D eigenvalue weighted by Gasteiger charge is 2.42. The summed E-state index contributed by atoms with van der Waals surface area (Å²) >= 11 is 0. The topological polar surface area (TPSA) is 40.9 Å². The molecule has 0 aliphatic carbocycles. The van der Waals surface area contributed by atoms with Gasteiger partial charge < -0.3 is 4.57 Å². The molecule has 0 saturated carbocycles. The minimum Gasteiger partial charge on any atom is -0.309 e. The number of benzene rings is 5. The first-order chi connectivity index (χ1) is 14.7. The molecule has 5 aromatic carbocycles. The van der Waals surface area contributed by atoms with Gasteiger partial charge in [0.1, 0.15) is 0 Å². The molecule has 3 heteroatoms. The van der Waals surface area contributed by atoms with Gasteiger partial charge in [-0.05, 0) is 39.2 Å². The molecule has 0 saturated heterocycles. The summed E-state index contributed by atoms with van der Waals surface area (Å²) in [5, 5.41) is 16.3. The van der Waals surface area contributed by atoms with Gasteiger partial charge in [0.2, 0.25) is 0 Å². The van der Waals surface area contributed by atoms with E-state index < -0.39 is 7.14 Å². The van der Waals surface area contributed by atoms with E-state index in [1.165, 1.54) is 0 Å². The number of hydrogen-bond acceptors (Lipinski definition) is 2. The number of fused-ring (bicyclic) bond motifs is 8. The third kappa shape index (κ3) is 2.11. The normalized spacial score (nSPS) is 16.9. The van der Waals surface area contributed by atoms with Gasteiger partial charge in [0, 0.05) is 21.5 Å². The van der Waals surface area contributed by atoms with Crippen LogP contribution in [0.4, 0.5) is 0 Å². The monoisotopic (exact) mass is 401 g/mol. The lowest BCUT2D eigenvalue weighted by Crippen LogP contribution is -2.21. The molecule has 2 nitrogen and oxygen atoms in total. The van der Waals surface area contributed by atoms with Gasteiger partial charge in [0.25, 0.3) is 0 Å². The molecule has 0 radical (unpaired) electrons. The predicted octanol–water partition coefficient (Wildman–Crippen LogP) is 5.48. The number of nitrogens with zero attached hydrogens (tertiary/aromatic N) is 1. The van der Waals surface area contributed by atoms with Crippen molar-refractivity contribution in [1.29, 1.82) is 5.26 Å². The summed E-state index contributed by atoms with van der Waals surface area (Å²) in [4.78, 5) is 0. The van der Waals surface area contributed by atoms with Crippen LogP contribution in [0.5, 0.6) is 0 Å². The van der Waals surface area contributed by atoms with Gasteiger partial charge in [-0.2, -0.15) is 5.26 Å². The van der Waals surface area contributed by atoms with Gasteiger partial charge in [-0.25, -0.2) is 0 Å². The Hall–Kier alpha value is -3.66. The van der Waals surface area contributed by atoms with Gasteiger partial charge >= 0.3 is 0 Å². The Morgan fingerprint density at radius 2 is 1.33 bits per heavy atom. The Morgan fingerprint density at radius 1 is 0.667 bits per heavy atom. The molecule has 0 amide bonds. The summed E-state index contributed by atoms with van der Waals surface area (Å²) in [7, 11) is -3.09. The largest absolute Gasteiger partial charge is 0.309 e. The molecule has 0 N–H and O–H groups in total. The molecule has 1 heterocycles. The van der Waals surface area contributed by atoms with E-state index in [1.807, 2.05) is 78.9 Å². The van der Waals surface area contributed by atoms with Crippen molar-refractivity contribution >= 4 is 44.6 Å². The minimum atomic E-state index is -3.09. The second kappa shape index (κ2) is 6.17. The fraction of sp³-hybridized carbons (Fsp3) is 0. The summed E-state index contributed by atoms with van der Waals surface area (Å²) < 4.78 is 15.0. The molecule has 1 atom stereocenters. The molecular weight excluding hydrogens is 385 g/mol. The van der Waals surface area contributed by atoms with Gasteiger partial charge in [-0.15, -0.1) is 0 Å². The summed E-state index contributed by atoms with van der Waals surface area (Å²) in [5.41, 5.74) is 2.65. The van der Waals surface area contributed by atoms with E-state index in [-0.39, 0.29) is 0 Å². The fourth-order valence-corrected chi connectivity index (χ4v) is 8.10. The molecule has 5 aromatic rings. The van der Waals surface area contributed by atoms with Crippen LogP contribution in [0.15, 0.2) is 97.1 Å². The SMILES string of the molecule is N#Cc1ccc2c(c1)c1c(c3ccccc32)-c2ccccc2P1(=O)c1ccccc1. The molecule has 1 aliphatic rings. The third-order valence-corrected chi connectivity index (χ3v) is 9.26. The maximum absolute atomic E-state index is 15.0. The maximum atomic E-state index is 15.0. The summed E-state index contributed by atoms with van der Waals surface area (Å²) in [5.74, 6) is 0. The Bertz CT molecular complexity index is 1580. The van der Waals surface area contributed by atoms with Crippen LogP contribution >= 0.6 is 7.14 Å². The van der Waals surface area contributed by atoms with Gasteiger partial charge in [0.15, 0.2) is 7.14 Å². The molecule has 1 aliphatic heterocycles. The van der Waals surface area contributed by atoms with Crippen molar-refractivity contribution < 1.29 is 4.57 Å². The van der Waals surface area contributed by atoms with Crippen molar-refractivity contribution in [1.82, 2.24) is 0 Å². The Labute approximate surface area is 174 Å². The van der Waals surface area contributed by atoms with Crippen molar-refractivity contribution in [3.63, 3.8) is 0 Å². The highest BCUT2D eigenvalue weighted by Crippen LogP contribution is 2.55. The molecular formula is C27H16NOP. The second-order valence-electron chi connectivity index (χ2n) is 7.60. The van der Waals surface area contributed by atoms with Crippen molar-refractivity contribution in [2.24, 2.45) is 0 Å². The standard InChI is InChI=1S/C27H16NOP/c28-17-18-14-15-21-20-10-4-5-11-22(20)26-23-12-6-7-13-25(23)30(29,27(26)24(21)16-18)19-8-2-1-3-9-19/h1-16H. The van der Waals surface area contributed by atoms with Crippen LogP contribution < -0.4 is 15.9 Å². The van der Waals surface area contributed by atoms with E-state index in [0.717, 1.165) is 48.6 Å². The Kier molecular flexibility index (Phi) is 3.54. The van der Waals surface area contributed by atoms with Crippen LogP contribution in [0.25, 0.3) is 32.7 Å². The Morgan fingerprint density at radius 3 is 2.13 bits per heavy atom. The third-order valence-electron chi connectivity index (χ3n) is 6.07. The lowest BCUT2D eigenvalue weighted by Gasteiger charge is -2.19. The number of nitriles is 1. The van der Waals surface area contributed by atoms with Gasteiger partial charge in [-0.1, -0.05) is 84.9 Å². The van der Waals surface area contributed by atoms with Crippen LogP contribution in [0, 0.1) is 11.3 Å². The summed E-state index contributed by atoms with van der Waals surface area (Å²) in [6, 6.07) is 34.1. The average molecular weight is 401 g/mol. The molecule has 6 rings (SSSR count). The van der Waals surface area contributed by atoms with E-state index in [2.05, 4.69) is 24.3 Å². The number of hydrogen-bond donors (Lipinski definition) is 0. The molecule has 30 heavy (non-hydrogen) atoms. The predicted molar refractivity (Wildman–Crippen MR) is 125 cm³/mol. The first-order valence-corrected chi connectivity index (χ1v) is 11.6. The molecule has 1 unspecified atom stereocenters. The van der Waals surface area contributed by atoms with Crippen LogP contribution in [-0.4, -0.2) is 0 Å². The van der Waals surface area contributed by atoms with Gasteiger partial charge in [0.05, 0.1) is 11.6 Å². The van der Waals surface area contributed by atoms with Gasteiger partial charge in [-0.3, -0.25) is 0 Å². The van der Waals surface area contributed by atoms with Crippen molar-refractivity contribution in [3.8, 4) is 17.2 Å². The highest BCUT2D eigenvalue weighted by molar-refractivity contribution is 7.87. The lowest BCUT2D eigenvalue weighted by atomic mass is 9.92. The smallest absolute Gasteiger partial charge is 0.172 e. The van der Waals surface area contributed by atoms with Crippen LogP contribution in [0.3, 0.4) is 0 Å². The van der Waals surface area contributed by atoms with E-state index in [1.54, 1.807) is 0 Å². The lowest BCUT2D eigenvalue weighted by molar-refractivity contribution is 0.593. The maximum Gasteiger partial charge on any atom is 0.172 e. The summed E-state index contributed by atoms with van der Waals surface area (Å²) in [6.07, 6.45) is 0. The van der Waals surface area contributed by atoms with E-state index in [4.69, 9.17) is 0 Å². The average Bonchev–Trinajstić information content (AvgIpc) is 3.10. The minimum absolute atomic E-state index is 0.579. The Balaban J connectivity index is 1.93. The summed E-state index contributed by atoms with van der Waals surface area (Å²) in [6.45, 7) is 0. The number of rotatable bonds is 1. The quantitative estimate of drug-likeness (QED) is 0.270. The zero-order chi connectivity index (χ0) is 20.3. The zero-order valence-corrected chi connectivity index (χ0v) is 16.9. The van der Waals surface area contributed by atoms with Crippen molar-refractivity contribution in [2.45, 2.75) is 0 Å². The fourth-order valence-electron chi connectivity index (χ4n) is 4.83. The van der Waals surface area contributed by atoms with Crippen LogP contribution in [-0.2, 0) is 4.57 Å². The van der Waals surface area contributed by atoms with Crippen molar-refractivity contribution in [3.05, 3.63) is 103 Å². The second-order valence-corrected chi connectivity index (χ2v) is 10.3. The van der Waals surface area contributed by atoms with E-state index in [9.17, 15) is 5.26 Å². The zero-order valence-electron chi connectivity index (χ0n) is 16.0. The van der Waals surface area contributed by atoms with E-state index >= 15 is 4.57 Å². The molecule has 0 spiro atoms. The first kappa shape index (κ1) is 17.2. The highest BCUT2D eigenvalue weighted by atomic mass is 31.2.